The average Bonchev–Trinajstić information content (AvgIpc) is 3.12. The molecule has 0 radical (unpaired) electrons. The van der Waals surface area contributed by atoms with Crippen LogP contribution in [0.1, 0.15) is 52.0 Å². The van der Waals surface area contributed by atoms with Crippen LogP contribution < -0.4 is 4.90 Å². The van der Waals surface area contributed by atoms with E-state index in [1.54, 1.807) is 18.7 Å². The summed E-state index contributed by atoms with van der Waals surface area (Å²) < 4.78 is 5.39. The molecule has 3 rings (SSSR count). The van der Waals surface area contributed by atoms with E-state index in [1.807, 2.05) is 24.3 Å². The summed E-state index contributed by atoms with van der Waals surface area (Å²) in [6, 6.07) is 7.50. The van der Waals surface area contributed by atoms with Crippen molar-refractivity contribution in [1.82, 2.24) is 4.90 Å². The van der Waals surface area contributed by atoms with Gasteiger partial charge in [-0.3, -0.25) is 19.3 Å². The summed E-state index contributed by atoms with van der Waals surface area (Å²) in [4.78, 5) is 41.6. The van der Waals surface area contributed by atoms with Gasteiger partial charge in [0.25, 0.3) is 11.8 Å². The highest BCUT2D eigenvalue weighted by Gasteiger charge is 2.42. The van der Waals surface area contributed by atoms with Gasteiger partial charge >= 0.3 is 5.97 Å². The number of esters is 1. The maximum absolute atomic E-state index is 13.3. The number of amides is 2. The van der Waals surface area contributed by atoms with Crippen molar-refractivity contribution >= 4 is 57.3 Å². The molecule has 30 heavy (non-hydrogen) atoms. The first-order chi connectivity index (χ1) is 14.3. The van der Waals surface area contributed by atoms with Gasteiger partial charge in [-0.25, -0.2) is 0 Å². The van der Waals surface area contributed by atoms with Crippen molar-refractivity contribution < 1.29 is 19.1 Å². The largest absolute Gasteiger partial charge is 0.462 e. The summed E-state index contributed by atoms with van der Waals surface area (Å²) in [5.41, 5.74) is 1.93. The van der Waals surface area contributed by atoms with Gasteiger partial charge in [-0.2, -0.15) is 0 Å². The Morgan fingerprint density at radius 3 is 2.53 bits per heavy atom. The van der Waals surface area contributed by atoms with Gasteiger partial charge in [-0.1, -0.05) is 68.4 Å². The van der Waals surface area contributed by atoms with Crippen LogP contribution in [0.15, 0.2) is 29.2 Å². The minimum atomic E-state index is -0.525. The number of thiocarbonyl (C=S) groups is 1. The fraction of sp³-hybridized carbons (Fsp3) is 0.455. The highest BCUT2D eigenvalue weighted by atomic mass is 32.2. The molecule has 2 aliphatic rings. The number of hydrogen-bond acceptors (Lipinski definition) is 6. The van der Waals surface area contributed by atoms with E-state index in [0.29, 0.717) is 12.1 Å². The Hall–Kier alpha value is -2.19. The SMILES string of the molecule is CCCCCCN1C(=O)/C(=C2/SC(=S)N(CC(=O)OC(C)C)C2=O)c2ccccc21. The third-order valence-electron chi connectivity index (χ3n) is 4.89. The van der Waals surface area contributed by atoms with Crippen molar-refractivity contribution in [3.8, 4) is 0 Å². The first-order valence-corrected chi connectivity index (χ1v) is 11.5. The monoisotopic (exact) mass is 446 g/mol. The van der Waals surface area contributed by atoms with E-state index in [4.69, 9.17) is 17.0 Å². The molecule has 2 amide bonds. The fourth-order valence-electron chi connectivity index (χ4n) is 3.53. The molecule has 1 aromatic rings. The summed E-state index contributed by atoms with van der Waals surface area (Å²) in [7, 11) is 0. The van der Waals surface area contributed by atoms with Crippen molar-refractivity contribution in [3.05, 3.63) is 34.7 Å². The number of carbonyl (C=O) groups is 3. The number of benzene rings is 1. The predicted molar refractivity (Wildman–Crippen MR) is 123 cm³/mol. The molecule has 6 nitrogen and oxygen atoms in total. The Morgan fingerprint density at radius 2 is 1.83 bits per heavy atom. The number of unbranched alkanes of at least 4 members (excludes halogenated alkanes) is 3. The zero-order valence-corrected chi connectivity index (χ0v) is 19.1. The van der Waals surface area contributed by atoms with Gasteiger partial charge in [0.15, 0.2) is 0 Å². The van der Waals surface area contributed by atoms with Crippen LogP contribution in [0.2, 0.25) is 0 Å². The number of hydrogen-bond donors (Lipinski definition) is 0. The lowest BCUT2D eigenvalue weighted by atomic mass is 10.1. The second-order valence-electron chi connectivity index (χ2n) is 7.54. The molecule has 0 atom stereocenters. The van der Waals surface area contributed by atoms with Gasteiger partial charge < -0.3 is 9.64 Å². The third-order valence-corrected chi connectivity index (χ3v) is 6.34. The molecular formula is C22H26N2O4S2. The fourth-order valence-corrected chi connectivity index (χ4v) is 4.86. The van der Waals surface area contributed by atoms with Crippen LogP contribution in [-0.4, -0.2) is 46.2 Å². The number of nitrogens with zero attached hydrogens (tertiary/aromatic N) is 2. The first kappa shape index (κ1) is 22.5. The van der Waals surface area contributed by atoms with Crippen molar-refractivity contribution in [1.29, 1.82) is 0 Å². The second-order valence-corrected chi connectivity index (χ2v) is 9.18. The molecule has 8 heteroatoms. The maximum Gasteiger partial charge on any atom is 0.326 e. The van der Waals surface area contributed by atoms with Gasteiger partial charge in [0.05, 0.1) is 22.3 Å². The van der Waals surface area contributed by atoms with Crippen molar-refractivity contribution in [2.24, 2.45) is 0 Å². The van der Waals surface area contributed by atoms with Crippen LogP contribution in [0.5, 0.6) is 0 Å². The molecule has 1 fully saturated rings. The first-order valence-electron chi connectivity index (χ1n) is 10.2. The molecular weight excluding hydrogens is 420 g/mol. The van der Waals surface area contributed by atoms with E-state index in [-0.39, 0.29) is 27.8 Å². The maximum atomic E-state index is 13.3. The Balaban J connectivity index is 1.88. The Bertz CT molecular complexity index is 910. The highest BCUT2D eigenvalue weighted by molar-refractivity contribution is 8.26. The summed E-state index contributed by atoms with van der Waals surface area (Å²) in [5.74, 6) is -1.13. The van der Waals surface area contributed by atoms with Crippen LogP contribution in [0, 0.1) is 0 Å². The molecule has 0 N–H and O–H groups in total. The zero-order valence-electron chi connectivity index (χ0n) is 17.5. The van der Waals surface area contributed by atoms with E-state index in [0.717, 1.165) is 48.7 Å². The van der Waals surface area contributed by atoms with Crippen molar-refractivity contribution in [2.45, 2.75) is 52.6 Å². The molecule has 0 aromatic heterocycles. The lowest BCUT2D eigenvalue weighted by molar-refractivity contribution is -0.149. The van der Waals surface area contributed by atoms with Crippen molar-refractivity contribution in [3.63, 3.8) is 0 Å². The molecule has 0 spiro atoms. The predicted octanol–water partition coefficient (Wildman–Crippen LogP) is 4.14. The normalized spacial score (nSPS) is 18.6. The van der Waals surface area contributed by atoms with Crippen LogP contribution in [-0.2, 0) is 19.1 Å². The number of ether oxygens (including phenoxy) is 1. The van der Waals surface area contributed by atoms with Crippen LogP contribution in [0.4, 0.5) is 5.69 Å². The Labute approximate surface area is 186 Å². The van der Waals surface area contributed by atoms with Gasteiger partial charge in [0, 0.05) is 12.1 Å². The summed E-state index contributed by atoms with van der Waals surface area (Å²) in [6.07, 6.45) is 3.93. The summed E-state index contributed by atoms with van der Waals surface area (Å²) >= 11 is 6.40. The molecule has 2 aliphatic heterocycles. The highest BCUT2D eigenvalue weighted by Crippen LogP contribution is 2.44. The molecule has 0 unspecified atom stereocenters. The lowest BCUT2D eigenvalue weighted by Crippen LogP contribution is -2.35. The number of rotatable bonds is 8. The standard InChI is InChI=1S/C22H26N2O4S2/c1-4-5-6-9-12-23-16-11-8-7-10-15(16)18(20(23)26)19-21(27)24(22(29)30-19)13-17(25)28-14(2)3/h7-8,10-11,14H,4-6,9,12-13H2,1-3H3/b19-18+. The van der Waals surface area contributed by atoms with E-state index >= 15 is 0 Å². The van der Waals surface area contributed by atoms with E-state index < -0.39 is 11.9 Å². The molecule has 1 aromatic carbocycles. The number of anilines is 1. The lowest BCUT2D eigenvalue weighted by Gasteiger charge is -2.17. The second kappa shape index (κ2) is 9.75. The smallest absolute Gasteiger partial charge is 0.326 e. The number of fused-ring (bicyclic) bond motifs is 1. The minimum Gasteiger partial charge on any atom is -0.462 e. The number of carbonyl (C=O) groups excluding carboxylic acids is 3. The van der Waals surface area contributed by atoms with E-state index in [1.165, 1.54) is 4.90 Å². The van der Waals surface area contributed by atoms with Crippen molar-refractivity contribution in [2.75, 3.05) is 18.0 Å². The van der Waals surface area contributed by atoms with Crippen LogP contribution >= 0.6 is 24.0 Å². The topological polar surface area (TPSA) is 66.9 Å². The molecule has 2 heterocycles. The molecule has 0 saturated carbocycles. The van der Waals surface area contributed by atoms with Crippen LogP contribution in [0.3, 0.4) is 0 Å². The summed E-state index contributed by atoms with van der Waals surface area (Å²) in [5, 5.41) is 0. The Kier molecular flexibility index (Phi) is 7.31. The molecule has 160 valence electrons. The van der Waals surface area contributed by atoms with Crippen LogP contribution in [0.25, 0.3) is 5.57 Å². The van der Waals surface area contributed by atoms with Gasteiger partial charge in [-0.05, 0) is 26.3 Å². The molecule has 0 bridgehead atoms. The van der Waals surface area contributed by atoms with Gasteiger partial charge in [0.1, 0.15) is 10.9 Å². The van der Waals surface area contributed by atoms with E-state index in [2.05, 4.69) is 6.92 Å². The molecule has 1 saturated heterocycles. The van der Waals surface area contributed by atoms with Gasteiger partial charge in [0.2, 0.25) is 0 Å². The summed E-state index contributed by atoms with van der Waals surface area (Å²) in [6.45, 7) is 5.99. The third kappa shape index (κ3) is 4.59. The minimum absolute atomic E-state index is 0.182. The number of thioether (sulfide) groups is 1. The van der Waals surface area contributed by atoms with E-state index in [9.17, 15) is 14.4 Å². The average molecular weight is 447 g/mol. The Morgan fingerprint density at radius 1 is 1.10 bits per heavy atom. The quantitative estimate of drug-likeness (QED) is 0.259. The number of para-hydroxylation sites is 1. The zero-order chi connectivity index (χ0) is 21.8. The molecule has 0 aliphatic carbocycles. The van der Waals surface area contributed by atoms with Gasteiger partial charge in [-0.15, -0.1) is 0 Å².